The lowest BCUT2D eigenvalue weighted by Gasteiger charge is -2.33. The Morgan fingerprint density at radius 2 is 1.97 bits per heavy atom. The van der Waals surface area contributed by atoms with Gasteiger partial charge in [-0.2, -0.15) is 0 Å². The minimum absolute atomic E-state index is 0.126. The third-order valence-corrected chi connectivity index (χ3v) is 5.51. The van der Waals surface area contributed by atoms with Gasteiger partial charge >= 0.3 is 6.03 Å². The number of likely N-dealkylation sites (N-methyl/N-ethyl adjacent to an activating group) is 1. The van der Waals surface area contributed by atoms with Crippen molar-refractivity contribution in [3.63, 3.8) is 0 Å². The van der Waals surface area contributed by atoms with E-state index in [1.165, 1.54) is 12.1 Å². The van der Waals surface area contributed by atoms with E-state index in [4.69, 9.17) is 14.2 Å². The lowest BCUT2D eigenvalue weighted by atomic mass is 9.99. The van der Waals surface area contributed by atoms with Gasteiger partial charge in [-0.1, -0.05) is 24.3 Å². The highest BCUT2D eigenvalue weighted by molar-refractivity contribution is 5.75. The number of carbonyl (C=O) groups is 1. The largest absolute Gasteiger partial charge is 0.486 e. The summed E-state index contributed by atoms with van der Waals surface area (Å²) in [5.74, 6) is 1.10. The summed E-state index contributed by atoms with van der Waals surface area (Å²) in [5, 5.41) is 3.10. The Labute approximate surface area is 175 Å². The number of nitrogens with zero attached hydrogens (tertiary/aromatic N) is 1. The molecule has 7 heteroatoms. The van der Waals surface area contributed by atoms with Crippen LogP contribution in [0.3, 0.4) is 0 Å². The Hall–Kier alpha value is -2.80. The van der Waals surface area contributed by atoms with Gasteiger partial charge in [-0.05, 0) is 49.6 Å². The molecule has 1 saturated heterocycles. The van der Waals surface area contributed by atoms with Crippen molar-refractivity contribution < 1.29 is 23.4 Å². The average molecular weight is 414 g/mol. The number of halogens is 1. The number of urea groups is 1. The Morgan fingerprint density at radius 1 is 1.20 bits per heavy atom. The summed E-state index contributed by atoms with van der Waals surface area (Å²) >= 11 is 0. The van der Waals surface area contributed by atoms with E-state index in [9.17, 15) is 9.18 Å². The highest BCUT2D eigenvalue weighted by atomic mass is 19.1. The first-order valence-electron chi connectivity index (χ1n) is 10.4. The van der Waals surface area contributed by atoms with Gasteiger partial charge < -0.3 is 24.4 Å². The smallest absolute Gasteiger partial charge is 0.318 e. The Kier molecular flexibility index (Phi) is 6.38. The van der Waals surface area contributed by atoms with Crippen molar-refractivity contribution in [3.8, 4) is 11.5 Å². The van der Waals surface area contributed by atoms with Gasteiger partial charge in [-0.3, -0.25) is 0 Å². The predicted molar refractivity (Wildman–Crippen MR) is 110 cm³/mol. The molecule has 0 saturated carbocycles. The van der Waals surface area contributed by atoms with Gasteiger partial charge in [0.15, 0.2) is 17.6 Å². The Morgan fingerprint density at radius 3 is 2.67 bits per heavy atom. The number of amides is 2. The summed E-state index contributed by atoms with van der Waals surface area (Å²) in [7, 11) is 0. The normalized spacial score (nSPS) is 21.1. The molecule has 6 nitrogen and oxygen atoms in total. The highest BCUT2D eigenvalue weighted by Crippen LogP contribution is 2.31. The molecule has 4 rings (SSSR count). The maximum absolute atomic E-state index is 13.4. The van der Waals surface area contributed by atoms with Crippen LogP contribution < -0.4 is 14.8 Å². The summed E-state index contributed by atoms with van der Waals surface area (Å²) in [5.41, 5.74) is 0.832. The van der Waals surface area contributed by atoms with Gasteiger partial charge in [0.1, 0.15) is 12.4 Å². The van der Waals surface area contributed by atoms with Crippen LogP contribution in [0.25, 0.3) is 0 Å². The molecule has 0 bridgehead atoms. The summed E-state index contributed by atoms with van der Waals surface area (Å²) in [6.07, 6.45) is 1.42. The van der Waals surface area contributed by atoms with E-state index in [2.05, 4.69) is 5.32 Å². The summed E-state index contributed by atoms with van der Waals surface area (Å²) in [6.45, 7) is 3.90. The number of para-hydroxylation sites is 2. The van der Waals surface area contributed by atoms with Crippen molar-refractivity contribution in [2.45, 2.75) is 38.0 Å². The summed E-state index contributed by atoms with van der Waals surface area (Å²) in [6, 6.07) is 13.2. The first-order chi connectivity index (χ1) is 14.6. The average Bonchev–Trinajstić information content (AvgIpc) is 3.31. The SMILES string of the molecule is CCN(CC1COc2ccccc2O1)C(=O)NC(c1ccc(F)cc1)C1CCCO1. The minimum atomic E-state index is -0.334. The lowest BCUT2D eigenvalue weighted by Crippen LogP contribution is -2.49. The van der Waals surface area contributed by atoms with Crippen LogP contribution in [0.2, 0.25) is 0 Å². The molecule has 30 heavy (non-hydrogen) atoms. The van der Waals surface area contributed by atoms with Crippen LogP contribution in [-0.2, 0) is 4.74 Å². The molecule has 0 aromatic heterocycles. The van der Waals surface area contributed by atoms with Crippen LogP contribution in [0.1, 0.15) is 31.4 Å². The summed E-state index contributed by atoms with van der Waals surface area (Å²) in [4.78, 5) is 14.8. The zero-order valence-corrected chi connectivity index (χ0v) is 17.1. The molecule has 0 aliphatic carbocycles. The van der Waals surface area contributed by atoms with Crippen molar-refractivity contribution in [2.24, 2.45) is 0 Å². The van der Waals surface area contributed by atoms with Gasteiger partial charge in [0, 0.05) is 13.2 Å². The molecule has 2 heterocycles. The van der Waals surface area contributed by atoms with E-state index in [0.717, 1.165) is 24.2 Å². The number of benzene rings is 2. The quantitative estimate of drug-likeness (QED) is 0.779. The number of nitrogens with one attached hydrogen (secondary N) is 1. The van der Waals surface area contributed by atoms with Crippen molar-refractivity contribution in [1.82, 2.24) is 10.2 Å². The number of hydrogen-bond donors (Lipinski definition) is 1. The maximum atomic E-state index is 13.4. The lowest BCUT2D eigenvalue weighted by molar-refractivity contribution is 0.0608. The molecule has 1 fully saturated rings. The number of hydrogen-bond acceptors (Lipinski definition) is 4. The van der Waals surface area contributed by atoms with E-state index in [0.29, 0.717) is 32.1 Å². The zero-order chi connectivity index (χ0) is 20.9. The standard InChI is InChI=1S/C23H27FN2O4/c1-2-26(14-18-15-29-19-6-3-4-7-20(19)30-18)23(27)25-22(21-8-5-13-28-21)16-9-11-17(24)12-10-16/h3-4,6-7,9-12,18,21-22H,2,5,8,13-15H2,1H3,(H,25,27). The van der Waals surface area contributed by atoms with Crippen molar-refractivity contribution in [1.29, 1.82) is 0 Å². The molecular formula is C23H27FN2O4. The first-order valence-corrected chi connectivity index (χ1v) is 10.4. The van der Waals surface area contributed by atoms with Crippen molar-refractivity contribution in [3.05, 3.63) is 59.9 Å². The van der Waals surface area contributed by atoms with Crippen LogP contribution in [0.15, 0.2) is 48.5 Å². The van der Waals surface area contributed by atoms with Gasteiger partial charge in [0.25, 0.3) is 0 Å². The molecule has 2 aliphatic heterocycles. The van der Waals surface area contributed by atoms with E-state index >= 15 is 0 Å². The second kappa shape index (κ2) is 9.34. The van der Waals surface area contributed by atoms with E-state index in [1.54, 1.807) is 17.0 Å². The third kappa shape index (κ3) is 4.67. The molecule has 2 aromatic carbocycles. The van der Waals surface area contributed by atoms with Gasteiger partial charge in [0.2, 0.25) is 0 Å². The second-order valence-corrected chi connectivity index (χ2v) is 7.57. The number of rotatable bonds is 6. The molecule has 2 aliphatic rings. The van der Waals surface area contributed by atoms with Crippen LogP contribution in [0.4, 0.5) is 9.18 Å². The van der Waals surface area contributed by atoms with E-state index < -0.39 is 0 Å². The third-order valence-electron chi connectivity index (χ3n) is 5.51. The molecule has 0 spiro atoms. The zero-order valence-electron chi connectivity index (χ0n) is 17.1. The fraction of sp³-hybridized carbons (Fsp3) is 0.435. The van der Waals surface area contributed by atoms with Crippen LogP contribution >= 0.6 is 0 Å². The molecule has 2 amide bonds. The Balaban J connectivity index is 1.43. The Bertz CT molecular complexity index is 855. The predicted octanol–water partition coefficient (Wildman–Crippen LogP) is 3.92. The summed E-state index contributed by atoms with van der Waals surface area (Å²) < 4.78 is 31.0. The monoisotopic (exact) mass is 414 g/mol. The molecular weight excluding hydrogens is 387 g/mol. The van der Waals surface area contributed by atoms with Gasteiger partial charge in [0.05, 0.1) is 18.7 Å². The second-order valence-electron chi connectivity index (χ2n) is 7.57. The van der Waals surface area contributed by atoms with Crippen LogP contribution in [0, 0.1) is 5.82 Å². The fourth-order valence-electron chi connectivity index (χ4n) is 3.91. The topological polar surface area (TPSA) is 60.0 Å². The number of carbonyl (C=O) groups excluding carboxylic acids is 1. The van der Waals surface area contributed by atoms with E-state index in [1.807, 2.05) is 31.2 Å². The maximum Gasteiger partial charge on any atom is 0.318 e. The van der Waals surface area contributed by atoms with Crippen molar-refractivity contribution >= 4 is 6.03 Å². The van der Waals surface area contributed by atoms with E-state index in [-0.39, 0.29) is 30.1 Å². The molecule has 1 N–H and O–H groups in total. The fourth-order valence-corrected chi connectivity index (χ4v) is 3.91. The molecule has 0 radical (unpaired) electrons. The first kappa shape index (κ1) is 20.5. The van der Waals surface area contributed by atoms with Gasteiger partial charge in [-0.15, -0.1) is 0 Å². The van der Waals surface area contributed by atoms with Gasteiger partial charge in [-0.25, -0.2) is 9.18 Å². The van der Waals surface area contributed by atoms with Crippen LogP contribution in [-0.4, -0.2) is 49.4 Å². The number of ether oxygens (including phenoxy) is 3. The minimum Gasteiger partial charge on any atom is -0.486 e. The molecule has 160 valence electrons. The number of fused-ring (bicyclic) bond motifs is 1. The molecule has 3 atom stereocenters. The van der Waals surface area contributed by atoms with Crippen LogP contribution in [0.5, 0.6) is 11.5 Å². The van der Waals surface area contributed by atoms with Crippen molar-refractivity contribution in [2.75, 3.05) is 26.3 Å². The highest BCUT2D eigenvalue weighted by Gasteiger charge is 2.31. The molecule has 2 aromatic rings. The molecule has 3 unspecified atom stereocenters.